The Labute approximate surface area is 149 Å². The van der Waals surface area contributed by atoms with Gasteiger partial charge in [-0.2, -0.15) is 0 Å². The molecule has 0 N–H and O–H groups in total. The van der Waals surface area contributed by atoms with Gasteiger partial charge in [0.2, 0.25) is 0 Å². The maximum Gasteiger partial charge on any atom is 0.0537 e. The van der Waals surface area contributed by atoms with E-state index in [-0.39, 0.29) is 0 Å². The molecule has 0 fully saturated rings. The number of aromatic nitrogens is 1. The van der Waals surface area contributed by atoms with Crippen LogP contribution in [0.3, 0.4) is 0 Å². The molecule has 0 aliphatic heterocycles. The summed E-state index contributed by atoms with van der Waals surface area (Å²) < 4.78 is 2.43. The molecule has 0 bridgehead atoms. The lowest BCUT2D eigenvalue weighted by Crippen LogP contribution is -2.12. The molecule has 4 rings (SSSR count). The lowest BCUT2D eigenvalue weighted by molar-refractivity contribution is 0.716. The Morgan fingerprint density at radius 3 is 2.60 bits per heavy atom. The number of fused-ring (bicyclic) bond motifs is 3. The summed E-state index contributed by atoms with van der Waals surface area (Å²) in [6.07, 6.45) is 12.2. The smallest absolute Gasteiger partial charge is 0.0537 e. The Kier molecular flexibility index (Phi) is 4.15. The van der Waals surface area contributed by atoms with Gasteiger partial charge < -0.3 is 4.57 Å². The van der Waals surface area contributed by atoms with Gasteiger partial charge >= 0.3 is 0 Å². The molecule has 1 heterocycles. The van der Waals surface area contributed by atoms with Gasteiger partial charge in [0.05, 0.1) is 5.52 Å². The van der Waals surface area contributed by atoms with Crippen molar-refractivity contribution in [3.63, 3.8) is 0 Å². The highest BCUT2D eigenvalue weighted by molar-refractivity contribution is 5.93. The normalized spacial score (nSPS) is 17.4. The molecule has 124 valence electrons. The van der Waals surface area contributed by atoms with E-state index in [0.29, 0.717) is 5.92 Å². The summed E-state index contributed by atoms with van der Waals surface area (Å²) >= 11 is 0. The zero-order valence-electron chi connectivity index (χ0n) is 14.8. The van der Waals surface area contributed by atoms with E-state index in [4.69, 9.17) is 0 Å². The topological polar surface area (TPSA) is 4.93 Å². The van der Waals surface area contributed by atoms with E-state index < -0.39 is 0 Å². The van der Waals surface area contributed by atoms with Crippen molar-refractivity contribution in [3.05, 3.63) is 95.7 Å². The minimum Gasteiger partial charge on any atom is -0.313 e. The first kappa shape index (κ1) is 15.7. The third kappa shape index (κ3) is 2.76. The number of hydrogen-bond donors (Lipinski definition) is 0. The molecule has 0 spiro atoms. The Balaban J connectivity index is 1.89. The lowest BCUT2D eigenvalue weighted by atomic mass is 9.88. The Morgan fingerprint density at radius 2 is 1.80 bits per heavy atom. The zero-order valence-corrected chi connectivity index (χ0v) is 14.8. The van der Waals surface area contributed by atoms with Gasteiger partial charge in [0.1, 0.15) is 0 Å². The van der Waals surface area contributed by atoms with E-state index in [0.717, 1.165) is 6.42 Å². The van der Waals surface area contributed by atoms with Crippen LogP contribution < -0.4 is 0 Å². The number of rotatable bonds is 3. The molecule has 3 aromatic rings. The van der Waals surface area contributed by atoms with Crippen LogP contribution in [0.4, 0.5) is 0 Å². The number of benzene rings is 2. The van der Waals surface area contributed by atoms with Crippen molar-refractivity contribution in [1.82, 2.24) is 4.57 Å². The van der Waals surface area contributed by atoms with Crippen molar-refractivity contribution in [2.45, 2.75) is 20.3 Å². The predicted molar refractivity (Wildman–Crippen MR) is 108 cm³/mol. The predicted octanol–water partition coefficient (Wildman–Crippen LogP) is 6.34. The molecular formula is C24H23N. The molecule has 1 unspecified atom stereocenters. The van der Waals surface area contributed by atoms with Crippen molar-refractivity contribution in [2.75, 3.05) is 0 Å². The first-order valence-electron chi connectivity index (χ1n) is 8.95. The monoisotopic (exact) mass is 325 g/mol. The second kappa shape index (κ2) is 6.60. The van der Waals surface area contributed by atoms with Crippen LogP contribution in [0.15, 0.2) is 84.5 Å². The SMILES string of the molecule is C/C=C\C=C(/C)C1C=Cc2c(n(-c3ccccc3)c3ccccc23)C1. The molecule has 1 nitrogen and oxygen atoms in total. The molecular weight excluding hydrogens is 302 g/mol. The van der Waals surface area contributed by atoms with E-state index >= 15 is 0 Å². The highest BCUT2D eigenvalue weighted by Gasteiger charge is 2.23. The Morgan fingerprint density at radius 1 is 1.04 bits per heavy atom. The van der Waals surface area contributed by atoms with Gasteiger partial charge in [0.15, 0.2) is 0 Å². The number of allylic oxidation sites excluding steroid dienone is 5. The molecule has 0 saturated heterocycles. The minimum absolute atomic E-state index is 0.454. The Bertz CT molecular complexity index is 984. The van der Waals surface area contributed by atoms with Crippen molar-refractivity contribution in [3.8, 4) is 5.69 Å². The fourth-order valence-corrected chi connectivity index (χ4v) is 3.75. The maximum absolute atomic E-state index is 2.43. The highest BCUT2D eigenvalue weighted by Crippen LogP contribution is 2.36. The molecule has 0 saturated carbocycles. The lowest BCUT2D eigenvalue weighted by Gasteiger charge is -2.21. The summed E-state index contributed by atoms with van der Waals surface area (Å²) in [6.45, 7) is 4.29. The summed E-state index contributed by atoms with van der Waals surface area (Å²) in [4.78, 5) is 0. The number of hydrogen-bond acceptors (Lipinski definition) is 0. The summed E-state index contributed by atoms with van der Waals surface area (Å²) in [5, 5.41) is 1.34. The molecule has 0 radical (unpaired) electrons. The largest absolute Gasteiger partial charge is 0.313 e. The highest BCUT2D eigenvalue weighted by atomic mass is 15.0. The van der Waals surface area contributed by atoms with Crippen LogP contribution in [0, 0.1) is 5.92 Å². The number of para-hydroxylation sites is 2. The number of nitrogens with zero attached hydrogens (tertiary/aromatic N) is 1. The molecule has 0 amide bonds. The summed E-state index contributed by atoms with van der Waals surface area (Å²) in [7, 11) is 0. The first-order chi connectivity index (χ1) is 12.3. The van der Waals surface area contributed by atoms with Crippen LogP contribution >= 0.6 is 0 Å². The first-order valence-corrected chi connectivity index (χ1v) is 8.95. The van der Waals surface area contributed by atoms with Crippen LogP contribution in [0.5, 0.6) is 0 Å². The standard InChI is InChI=1S/C24H23N/c1-3-4-10-18(2)19-15-16-22-21-13-8-9-14-23(21)25(24(22)17-19)20-11-6-5-7-12-20/h3-16,19H,17H2,1-2H3/b4-3-,18-10+. The third-order valence-electron chi connectivity index (χ3n) is 5.08. The van der Waals surface area contributed by atoms with E-state index in [9.17, 15) is 0 Å². The average molecular weight is 325 g/mol. The van der Waals surface area contributed by atoms with Gasteiger partial charge in [-0.1, -0.05) is 72.4 Å². The van der Waals surface area contributed by atoms with Crippen LogP contribution in [-0.4, -0.2) is 4.57 Å². The third-order valence-corrected chi connectivity index (χ3v) is 5.08. The molecule has 25 heavy (non-hydrogen) atoms. The maximum atomic E-state index is 2.43. The van der Waals surface area contributed by atoms with Gasteiger partial charge in [-0.3, -0.25) is 0 Å². The van der Waals surface area contributed by atoms with Gasteiger partial charge in [0, 0.05) is 28.2 Å². The molecule has 1 aliphatic rings. The van der Waals surface area contributed by atoms with Crippen LogP contribution in [0.25, 0.3) is 22.7 Å². The quantitative estimate of drug-likeness (QED) is 0.495. The summed E-state index contributed by atoms with van der Waals surface area (Å²) in [5.74, 6) is 0.454. The molecule has 2 aromatic carbocycles. The minimum atomic E-state index is 0.454. The molecule has 1 heteroatoms. The fourth-order valence-electron chi connectivity index (χ4n) is 3.75. The van der Waals surface area contributed by atoms with E-state index in [1.54, 1.807) is 0 Å². The van der Waals surface area contributed by atoms with E-state index in [1.807, 2.05) is 0 Å². The van der Waals surface area contributed by atoms with Crippen molar-refractivity contribution < 1.29 is 0 Å². The second-order valence-electron chi connectivity index (χ2n) is 6.65. The fraction of sp³-hybridized carbons (Fsp3) is 0.167. The van der Waals surface area contributed by atoms with Crippen molar-refractivity contribution in [2.24, 2.45) is 5.92 Å². The Hall–Kier alpha value is -2.80. The second-order valence-corrected chi connectivity index (χ2v) is 6.65. The summed E-state index contributed by atoms with van der Waals surface area (Å²) in [6, 6.07) is 19.4. The van der Waals surface area contributed by atoms with Gasteiger partial charge in [-0.15, -0.1) is 0 Å². The van der Waals surface area contributed by atoms with Crippen molar-refractivity contribution >= 4 is 17.0 Å². The molecule has 1 aliphatic carbocycles. The summed E-state index contributed by atoms with van der Waals surface area (Å²) in [5.41, 5.74) is 6.72. The van der Waals surface area contributed by atoms with E-state index in [1.165, 1.54) is 33.4 Å². The van der Waals surface area contributed by atoms with Gasteiger partial charge in [0.25, 0.3) is 0 Å². The zero-order chi connectivity index (χ0) is 17.2. The van der Waals surface area contributed by atoms with Gasteiger partial charge in [-0.05, 0) is 38.5 Å². The van der Waals surface area contributed by atoms with Crippen molar-refractivity contribution in [1.29, 1.82) is 0 Å². The molecule has 1 aromatic heterocycles. The van der Waals surface area contributed by atoms with Crippen LogP contribution in [-0.2, 0) is 6.42 Å². The average Bonchev–Trinajstić information content (AvgIpc) is 3.00. The van der Waals surface area contributed by atoms with E-state index in [2.05, 4.69) is 103 Å². The van der Waals surface area contributed by atoms with Gasteiger partial charge in [-0.25, -0.2) is 0 Å². The van der Waals surface area contributed by atoms with Crippen LogP contribution in [0.2, 0.25) is 0 Å². The molecule has 1 atom stereocenters. The van der Waals surface area contributed by atoms with Crippen LogP contribution in [0.1, 0.15) is 25.1 Å².